The first kappa shape index (κ1) is 13.7. The predicted octanol–water partition coefficient (Wildman–Crippen LogP) is 2.49. The number of nitrogens with zero attached hydrogens (tertiary/aromatic N) is 1. The van der Waals surface area contributed by atoms with Crippen LogP contribution in [0, 0.1) is 0 Å². The Balaban J connectivity index is 1.83. The number of rotatable bonds is 7. The van der Waals surface area contributed by atoms with Crippen LogP contribution < -0.4 is 0 Å². The minimum atomic E-state index is -0.155. The summed E-state index contributed by atoms with van der Waals surface area (Å²) >= 11 is 0. The smallest absolute Gasteiger partial charge is 0.261 e. The van der Waals surface area contributed by atoms with Crippen LogP contribution in [-0.4, -0.2) is 37.0 Å². The third-order valence-corrected chi connectivity index (χ3v) is 3.36. The van der Waals surface area contributed by atoms with Crippen molar-refractivity contribution in [2.24, 2.45) is 0 Å². The van der Waals surface area contributed by atoms with Gasteiger partial charge in [0.1, 0.15) is 0 Å². The Bertz CT molecular complexity index is 435. The molecule has 0 radical (unpaired) electrons. The number of ether oxygens (including phenoxy) is 1. The van der Waals surface area contributed by atoms with Gasteiger partial charge in [0.25, 0.3) is 11.8 Å². The van der Waals surface area contributed by atoms with E-state index in [4.69, 9.17) is 4.74 Å². The molecule has 1 heterocycles. The SMILES string of the molecule is COCCCCCCN1C(=O)c2ccccc2C1=O. The maximum Gasteiger partial charge on any atom is 0.261 e. The average Bonchev–Trinajstić information content (AvgIpc) is 2.68. The summed E-state index contributed by atoms with van der Waals surface area (Å²) in [7, 11) is 1.69. The second-order valence-corrected chi connectivity index (χ2v) is 4.71. The van der Waals surface area contributed by atoms with E-state index in [1.54, 1.807) is 31.4 Å². The highest BCUT2D eigenvalue weighted by molar-refractivity contribution is 6.21. The van der Waals surface area contributed by atoms with Gasteiger partial charge in [0.05, 0.1) is 11.1 Å². The number of amides is 2. The van der Waals surface area contributed by atoms with Gasteiger partial charge >= 0.3 is 0 Å². The zero-order chi connectivity index (χ0) is 13.7. The van der Waals surface area contributed by atoms with Crippen LogP contribution in [0.15, 0.2) is 24.3 Å². The molecule has 0 unspecified atom stereocenters. The number of carbonyl (C=O) groups excluding carboxylic acids is 2. The number of benzene rings is 1. The van der Waals surface area contributed by atoms with Gasteiger partial charge in [-0.2, -0.15) is 0 Å². The molecule has 0 aliphatic carbocycles. The fourth-order valence-corrected chi connectivity index (χ4v) is 2.31. The van der Waals surface area contributed by atoms with Crippen LogP contribution in [0.25, 0.3) is 0 Å². The van der Waals surface area contributed by atoms with Crippen LogP contribution in [0.1, 0.15) is 46.4 Å². The van der Waals surface area contributed by atoms with E-state index in [1.165, 1.54) is 4.90 Å². The van der Waals surface area contributed by atoms with Crippen molar-refractivity contribution >= 4 is 11.8 Å². The number of carbonyl (C=O) groups is 2. The van der Waals surface area contributed by atoms with Gasteiger partial charge < -0.3 is 4.74 Å². The molecule has 1 aliphatic rings. The van der Waals surface area contributed by atoms with Crippen molar-refractivity contribution in [1.29, 1.82) is 0 Å². The Morgan fingerprint density at radius 3 is 2.11 bits per heavy atom. The summed E-state index contributed by atoms with van der Waals surface area (Å²) in [6.45, 7) is 1.28. The molecule has 0 aromatic heterocycles. The van der Waals surface area contributed by atoms with Gasteiger partial charge in [-0.05, 0) is 25.0 Å². The van der Waals surface area contributed by atoms with E-state index in [9.17, 15) is 9.59 Å². The first-order valence-electron chi connectivity index (χ1n) is 6.70. The Morgan fingerprint density at radius 1 is 0.947 bits per heavy atom. The highest BCUT2D eigenvalue weighted by Gasteiger charge is 2.34. The monoisotopic (exact) mass is 261 g/mol. The molecule has 2 amide bonds. The summed E-state index contributed by atoms with van der Waals surface area (Å²) < 4.78 is 4.98. The van der Waals surface area contributed by atoms with Gasteiger partial charge in [-0.1, -0.05) is 25.0 Å². The fourth-order valence-electron chi connectivity index (χ4n) is 2.31. The number of hydrogen-bond acceptors (Lipinski definition) is 3. The van der Waals surface area contributed by atoms with Crippen LogP contribution in [0.3, 0.4) is 0 Å². The molecule has 1 aromatic rings. The molecule has 4 nitrogen and oxygen atoms in total. The summed E-state index contributed by atoms with van der Waals surface area (Å²) in [5, 5.41) is 0. The van der Waals surface area contributed by atoms with Crippen molar-refractivity contribution in [3.8, 4) is 0 Å². The topological polar surface area (TPSA) is 46.6 Å². The van der Waals surface area contributed by atoms with Gasteiger partial charge in [0, 0.05) is 20.3 Å². The van der Waals surface area contributed by atoms with Crippen molar-refractivity contribution in [3.05, 3.63) is 35.4 Å². The highest BCUT2D eigenvalue weighted by Crippen LogP contribution is 2.22. The lowest BCUT2D eigenvalue weighted by molar-refractivity contribution is 0.0651. The summed E-state index contributed by atoms with van der Waals surface area (Å²) in [5.74, 6) is -0.310. The molecule has 2 rings (SSSR count). The van der Waals surface area contributed by atoms with Gasteiger partial charge in [0.15, 0.2) is 0 Å². The lowest BCUT2D eigenvalue weighted by Gasteiger charge is -2.13. The van der Waals surface area contributed by atoms with Crippen LogP contribution >= 0.6 is 0 Å². The third kappa shape index (κ3) is 3.01. The number of imide groups is 1. The predicted molar refractivity (Wildman–Crippen MR) is 72.2 cm³/mol. The standard InChI is InChI=1S/C15H19NO3/c1-19-11-7-3-2-6-10-16-14(17)12-8-4-5-9-13(12)15(16)18/h4-5,8-9H,2-3,6-7,10-11H2,1H3. The Hall–Kier alpha value is -1.68. The van der Waals surface area contributed by atoms with Crippen molar-refractivity contribution in [3.63, 3.8) is 0 Å². The average molecular weight is 261 g/mol. The van der Waals surface area contributed by atoms with Crippen LogP contribution in [-0.2, 0) is 4.74 Å². The van der Waals surface area contributed by atoms with E-state index >= 15 is 0 Å². The molecule has 0 saturated carbocycles. The molecule has 0 N–H and O–H groups in total. The van der Waals surface area contributed by atoms with E-state index in [0.717, 1.165) is 32.3 Å². The van der Waals surface area contributed by atoms with Crippen molar-refractivity contribution < 1.29 is 14.3 Å². The van der Waals surface area contributed by atoms with E-state index < -0.39 is 0 Å². The van der Waals surface area contributed by atoms with Gasteiger partial charge in [-0.15, -0.1) is 0 Å². The second-order valence-electron chi connectivity index (χ2n) is 4.71. The summed E-state index contributed by atoms with van der Waals surface area (Å²) in [6.07, 6.45) is 3.96. The fraction of sp³-hybridized carbons (Fsp3) is 0.467. The normalized spacial score (nSPS) is 14.1. The summed E-state index contributed by atoms with van der Waals surface area (Å²) in [5.41, 5.74) is 1.07. The summed E-state index contributed by atoms with van der Waals surface area (Å²) in [4.78, 5) is 25.5. The summed E-state index contributed by atoms with van der Waals surface area (Å²) in [6, 6.07) is 7.01. The lowest BCUT2D eigenvalue weighted by atomic mass is 10.1. The van der Waals surface area contributed by atoms with Crippen molar-refractivity contribution in [2.45, 2.75) is 25.7 Å². The molecule has 1 aromatic carbocycles. The third-order valence-electron chi connectivity index (χ3n) is 3.36. The molecule has 0 saturated heterocycles. The van der Waals surface area contributed by atoms with E-state index in [0.29, 0.717) is 17.7 Å². The molecular weight excluding hydrogens is 242 g/mol. The molecule has 19 heavy (non-hydrogen) atoms. The molecule has 0 atom stereocenters. The molecule has 102 valence electrons. The van der Waals surface area contributed by atoms with Crippen LogP contribution in [0.5, 0.6) is 0 Å². The van der Waals surface area contributed by atoms with Gasteiger partial charge in [-0.3, -0.25) is 14.5 Å². The number of unbranched alkanes of at least 4 members (excludes halogenated alkanes) is 3. The second kappa shape index (κ2) is 6.48. The number of fused-ring (bicyclic) bond motifs is 1. The zero-order valence-corrected chi connectivity index (χ0v) is 11.2. The van der Waals surface area contributed by atoms with Crippen LogP contribution in [0.2, 0.25) is 0 Å². The van der Waals surface area contributed by atoms with Crippen LogP contribution in [0.4, 0.5) is 0 Å². The molecule has 0 bridgehead atoms. The molecule has 0 spiro atoms. The highest BCUT2D eigenvalue weighted by atomic mass is 16.5. The van der Waals surface area contributed by atoms with Crippen molar-refractivity contribution in [1.82, 2.24) is 4.90 Å². The van der Waals surface area contributed by atoms with Crippen molar-refractivity contribution in [2.75, 3.05) is 20.3 Å². The Kier molecular flexibility index (Phi) is 4.68. The number of hydrogen-bond donors (Lipinski definition) is 0. The first-order chi connectivity index (χ1) is 9.25. The van der Waals surface area contributed by atoms with Gasteiger partial charge in [0.2, 0.25) is 0 Å². The minimum absolute atomic E-state index is 0.155. The Morgan fingerprint density at radius 2 is 1.53 bits per heavy atom. The first-order valence-corrected chi connectivity index (χ1v) is 6.70. The van der Waals surface area contributed by atoms with Gasteiger partial charge in [-0.25, -0.2) is 0 Å². The molecule has 1 aliphatic heterocycles. The largest absolute Gasteiger partial charge is 0.385 e. The molecular formula is C15H19NO3. The lowest BCUT2D eigenvalue weighted by Crippen LogP contribution is -2.30. The molecule has 4 heteroatoms. The minimum Gasteiger partial charge on any atom is -0.385 e. The van der Waals surface area contributed by atoms with E-state index in [2.05, 4.69) is 0 Å². The quantitative estimate of drug-likeness (QED) is 0.559. The van der Waals surface area contributed by atoms with E-state index in [1.807, 2.05) is 0 Å². The molecule has 0 fully saturated rings. The number of methoxy groups -OCH3 is 1. The maximum atomic E-state index is 12.1. The Labute approximate surface area is 113 Å². The maximum absolute atomic E-state index is 12.1. The van der Waals surface area contributed by atoms with E-state index in [-0.39, 0.29) is 11.8 Å². The zero-order valence-electron chi connectivity index (χ0n) is 11.2.